The minimum atomic E-state index is 0.460. The topological polar surface area (TPSA) is 31.4 Å². The summed E-state index contributed by atoms with van der Waals surface area (Å²) in [4.78, 5) is 4.61. The minimum absolute atomic E-state index is 0.460. The predicted octanol–water partition coefficient (Wildman–Crippen LogP) is 5.36. The molecule has 24 heavy (non-hydrogen) atoms. The molecule has 0 bridgehead atoms. The first kappa shape index (κ1) is 16.1. The largest absolute Gasteiger partial charge is 0.493 e. The molecule has 3 aromatic rings. The fourth-order valence-electron chi connectivity index (χ4n) is 2.62. The smallest absolute Gasteiger partial charge is 0.161 e. The third-order valence-corrected chi connectivity index (χ3v) is 7.89. The molecule has 0 radical (unpaired) electrons. The summed E-state index contributed by atoms with van der Waals surface area (Å²) < 4.78 is 13.2. The van der Waals surface area contributed by atoms with Crippen molar-refractivity contribution in [2.24, 2.45) is 0 Å². The van der Waals surface area contributed by atoms with E-state index in [4.69, 9.17) is 9.47 Å². The number of benzene rings is 2. The lowest BCUT2D eigenvalue weighted by Gasteiger charge is -2.14. The third kappa shape index (κ3) is 3.36. The fourth-order valence-corrected chi connectivity index (χ4v) is 6.34. The van der Waals surface area contributed by atoms with Crippen molar-refractivity contribution in [3.05, 3.63) is 53.0 Å². The van der Waals surface area contributed by atoms with Crippen LogP contribution in [0.2, 0.25) is 0 Å². The van der Waals surface area contributed by atoms with Crippen LogP contribution in [0, 0.1) is 0 Å². The Hall–Kier alpha value is -1.37. The Labute approximate surface area is 153 Å². The van der Waals surface area contributed by atoms with Crippen molar-refractivity contribution in [1.29, 1.82) is 0 Å². The van der Waals surface area contributed by atoms with Gasteiger partial charge in [0.05, 0.1) is 21.9 Å². The van der Waals surface area contributed by atoms with Crippen LogP contribution in [-0.4, -0.2) is 23.6 Å². The summed E-state index contributed by atoms with van der Waals surface area (Å²) in [6.45, 7) is 0.460. The summed E-state index contributed by atoms with van der Waals surface area (Å²) in [6, 6.07) is 14.4. The Balaban J connectivity index is 1.50. The van der Waals surface area contributed by atoms with E-state index in [1.165, 1.54) is 21.8 Å². The molecule has 0 aliphatic carbocycles. The molecular formula is C18H17NO2S3. The van der Waals surface area contributed by atoms with Gasteiger partial charge in [-0.25, -0.2) is 4.98 Å². The van der Waals surface area contributed by atoms with E-state index in [1.807, 2.05) is 47.8 Å². The Morgan fingerprint density at radius 2 is 1.92 bits per heavy atom. The number of fused-ring (bicyclic) bond motifs is 1. The number of rotatable bonds is 5. The van der Waals surface area contributed by atoms with Crippen molar-refractivity contribution >= 4 is 45.1 Å². The molecule has 1 aliphatic rings. The lowest BCUT2D eigenvalue weighted by atomic mass is 10.2. The summed E-state index contributed by atoms with van der Waals surface area (Å²) >= 11 is 5.65. The highest BCUT2D eigenvalue weighted by atomic mass is 32.2. The Morgan fingerprint density at radius 3 is 2.71 bits per heavy atom. The number of aromatic nitrogens is 1. The van der Waals surface area contributed by atoms with E-state index >= 15 is 0 Å². The van der Waals surface area contributed by atoms with Crippen molar-refractivity contribution in [3.63, 3.8) is 0 Å². The highest BCUT2D eigenvalue weighted by Crippen LogP contribution is 2.47. The second-order valence-corrected chi connectivity index (χ2v) is 9.19. The number of thiazole rings is 1. The lowest BCUT2D eigenvalue weighted by Crippen LogP contribution is -1.98. The first-order valence-electron chi connectivity index (χ1n) is 7.72. The molecule has 1 aromatic heterocycles. The van der Waals surface area contributed by atoms with Gasteiger partial charge in [-0.1, -0.05) is 18.2 Å². The van der Waals surface area contributed by atoms with Crippen molar-refractivity contribution in [2.45, 2.75) is 11.2 Å². The zero-order valence-corrected chi connectivity index (χ0v) is 15.7. The molecule has 4 rings (SSSR count). The Kier molecular flexibility index (Phi) is 4.87. The molecule has 0 saturated carbocycles. The molecule has 2 heterocycles. The summed E-state index contributed by atoms with van der Waals surface area (Å²) in [7, 11) is 1.69. The maximum Gasteiger partial charge on any atom is 0.161 e. The molecule has 1 aliphatic heterocycles. The average molecular weight is 376 g/mol. The van der Waals surface area contributed by atoms with Gasteiger partial charge in [-0.3, -0.25) is 0 Å². The van der Waals surface area contributed by atoms with Crippen LogP contribution in [0.4, 0.5) is 0 Å². The van der Waals surface area contributed by atoms with Crippen LogP contribution in [-0.2, 0) is 6.61 Å². The van der Waals surface area contributed by atoms with Crippen LogP contribution >= 0.6 is 34.9 Å². The maximum atomic E-state index is 5.97. The molecule has 124 valence electrons. The monoisotopic (exact) mass is 375 g/mol. The number of nitrogens with zero attached hydrogens (tertiary/aromatic N) is 1. The molecule has 1 fully saturated rings. The second kappa shape index (κ2) is 7.25. The van der Waals surface area contributed by atoms with E-state index in [2.05, 4.69) is 23.2 Å². The van der Waals surface area contributed by atoms with Crippen LogP contribution in [0.1, 0.15) is 15.2 Å². The van der Waals surface area contributed by atoms with Crippen LogP contribution in [0.5, 0.6) is 11.5 Å². The molecule has 0 spiro atoms. The second-order valence-electron chi connectivity index (χ2n) is 5.35. The van der Waals surface area contributed by atoms with E-state index in [9.17, 15) is 0 Å². The van der Waals surface area contributed by atoms with Crippen molar-refractivity contribution in [3.8, 4) is 11.5 Å². The van der Waals surface area contributed by atoms with Gasteiger partial charge in [-0.05, 0) is 29.8 Å². The number of para-hydroxylation sites is 1. The number of thioether (sulfide) groups is 2. The molecule has 0 N–H and O–H groups in total. The number of ether oxygens (including phenoxy) is 2. The predicted molar refractivity (Wildman–Crippen MR) is 105 cm³/mol. The zero-order chi connectivity index (χ0) is 16.4. The first-order chi connectivity index (χ1) is 11.8. The van der Waals surface area contributed by atoms with Gasteiger partial charge >= 0.3 is 0 Å². The Bertz CT molecular complexity index is 810. The molecule has 0 amide bonds. The summed E-state index contributed by atoms with van der Waals surface area (Å²) in [5.74, 6) is 4.00. The van der Waals surface area contributed by atoms with Crippen LogP contribution in [0.25, 0.3) is 10.2 Å². The minimum Gasteiger partial charge on any atom is -0.493 e. The van der Waals surface area contributed by atoms with Crippen LogP contribution in [0.3, 0.4) is 0 Å². The highest BCUT2D eigenvalue weighted by Gasteiger charge is 2.20. The standard InChI is InChI=1S/C18H17NO2S3/c1-20-15-10-12(18-22-8-9-23-18)6-7-14(15)21-11-17-19-13-4-2-3-5-16(13)24-17/h2-7,10,18H,8-9,11H2,1H3. The van der Waals surface area contributed by atoms with Crippen LogP contribution in [0.15, 0.2) is 42.5 Å². The summed E-state index contributed by atoms with van der Waals surface area (Å²) in [6.07, 6.45) is 0. The van der Waals surface area contributed by atoms with Gasteiger partial charge in [0.1, 0.15) is 11.6 Å². The Morgan fingerprint density at radius 1 is 1.08 bits per heavy atom. The normalized spacial score (nSPS) is 15.0. The van der Waals surface area contributed by atoms with E-state index in [0.29, 0.717) is 11.2 Å². The van der Waals surface area contributed by atoms with E-state index < -0.39 is 0 Å². The zero-order valence-electron chi connectivity index (χ0n) is 13.2. The number of methoxy groups -OCH3 is 1. The van der Waals surface area contributed by atoms with E-state index in [1.54, 1.807) is 18.4 Å². The maximum absolute atomic E-state index is 5.97. The van der Waals surface area contributed by atoms with Gasteiger partial charge in [-0.2, -0.15) is 0 Å². The summed E-state index contributed by atoms with van der Waals surface area (Å²) in [5, 5.41) is 0.976. The SMILES string of the molecule is COc1cc(C2SCCS2)ccc1OCc1nc2ccccc2s1. The number of hydrogen-bond acceptors (Lipinski definition) is 6. The highest BCUT2D eigenvalue weighted by molar-refractivity contribution is 8.19. The quantitative estimate of drug-likeness (QED) is 0.599. The van der Waals surface area contributed by atoms with E-state index in [0.717, 1.165) is 22.0 Å². The molecule has 0 unspecified atom stereocenters. The molecular weight excluding hydrogens is 358 g/mol. The van der Waals surface area contributed by atoms with Crippen LogP contribution < -0.4 is 9.47 Å². The van der Waals surface area contributed by atoms with Crippen molar-refractivity contribution < 1.29 is 9.47 Å². The first-order valence-corrected chi connectivity index (χ1v) is 10.6. The molecule has 6 heteroatoms. The van der Waals surface area contributed by atoms with Crippen molar-refractivity contribution in [1.82, 2.24) is 4.98 Å². The molecule has 3 nitrogen and oxygen atoms in total. The lowest BCUT2D eigenvalue weighted by molar-refractivity contribution is 0.284. The summed E-state index contributed by atoms with van der Waals surface area (Å²) in [5.41, 5.74) is 2.32. The van der Waals surface area contributed by atoms with Gasteiger partial charge in [-0.15, -0.1) is 34.9 Å². The fraction of sp³-hybridized carbons (Fsp3) is 0.278. The molecule has 2 aromatic carbocycles. The van der Waals surface area contributed by atoms with Gasteiger partial charge in [0.25, 0.3) is 0 Å². The number of hydrogen-bond donors (Lipinski definition) is 0. The van der Waals surface area contributed by atoms with Crippen molar-refractivity contribution in [2.75, 3.05) is 18.6 Å². The van der Waals surface area contributed by atoms with E-state index in [-0.39, 0.29) is 0 Å². The third-order valence-electron chi connectivity index (χ3n) is 3.77. The van der Waals surface area contributed by atoms with Gasteiger partial charge < -0.3 is 9.47 Å². The van der Waals surface area contributed by atoms with Gasteiger partial charge in [0.2, 0.25) is 0 Å². The average Bonchev–Trinajstić information content (AvgIpc) is 3.29. The van der Waals surface area contributed by atoms with Gasteiger partial charge in [0.15, 0.2) is 11.5 Å². The van der Waals surface area contributed by atoms with Gasteiger partial charge in [0, 0.05) is 11.5 Å². The molecule has 1 saturated heterocycles. The molecule has 0 atom stereocenters.